The standard InChI is InChI=1S/C43H44B2N2/c1-22-13-15-39-35(17-22)44(41-30(9)26(5)24(3)27(6)31(41)10)37-19-34(21-46)20-38-43(37)47(39)40-16-14-23(2)18-36(40)45(38)42-32(11)28(7)25(4)29(8)33(42)12/h13-20H,1-12H3. The Hall–Kier alpha value is -4.48. The monoisotopic (exact) mass is 610 g/mol. The van der Waals surface area contributed by atoms with Crippen LogP contribution in [0.2, 0.25) is 0 Å². The maximum absolute atomic E-state index is 10.6. The van der Waals surface area contributed by atoms with Crippen LogP contribution in [0.15, 0.2) is 48.5 Å². The number of nitrogens with zero attached hydrogens (tertiary/aromatic N) is 2. The molecule has 0 aliphatic carbocycles. The molecule has 2 aliphatic rings. The van der Waals surface area contributed by atoms with Crippen LogP contribution < -0.4 is 37.7 Å². The molecule has 47 heavy (non-hydrogen) atoms. The van der Waals surface area contributed by atoms with E-state index in [0.717, 1.165) is 5.56 Å². The van der Waals surface area contributed by atoms with Crippen molar-refractivity contribution in [2.45, 2.75) is 83.1 Å². The molecular weight excluding hydrogens is 566 g/mol. The SMILES string of the molecule is Cc1ccc2c(c1)B(c1c(C)c(C)c(C)c(C)c1C)c1cc(C#N)cc3c1N2c1ccc(C)cc1B3c1c(C)c(C)c(C)c(C)c1C. The minimum absolute atomic E-state index is 0.0116. The van der Waals surface area contributed by atoms with E-state index in [0.29, 0.717) is 0 Å². The highest BCUT2D eigenvalue weighted by atomic mass is 15.2. The van der Waals surface area contributed by atoms with Crippen LogP contribution in [0.1, 0.15) is 72.3 Å². The Morgan fingerprint density at radius 1 is 0.447 bits per heavy atom. The Morgan fingerprint density at radius 2 is 0.787 bits per heavy atom. The molecule has 0 N–H and O–H groups in total. The average molecular weight is 610 g/mol. The minimum Gasteiger partial charge on any atom is -0.313 e. The van der Waals surface area contributed by atoms with Gasteiger partial charge in [0, 0.05) is 17.1 Å². The second-order valence-corrected chi connectivity index (χ2v) is 14.5. The lowest BCUT2D eigenvalue weighted by Crippen LogP contribution is -2.66. The highest BCUT2D eigenvalue weighted by Crippen LogP contribution is 2.39. The summed E-state index contributed by atoms with van der Waals surface area (Å²) >= 11 is 0. The molecule has 0 bridgehead atoms. The van der Waals surface area contributed by atoms with E-state index in [-0.39, 0.29) is 13.4 Å². The number of benzene rings is 5. The van der Waals surface area contributed by atoms with Gasteiger partial charge in [0.2, 0.25) is 13.4 Å². The van der Waals surface area contributed by atoms with Gasteiger partial charge >= 0.3 is 0 Å². The van der Waals surface area contributed by atoms with Crippen molar-refractivity contribution in [3.05, 3.63) is 121 Å². The Balaban J connectivity index is 1.69. The van der Waals surface area contributed by atoms with Gasteiger partial charge < -0.3 is 4.90 Å². The molecule has 0 atom stereocenters. The third-order valence-electron chi connectivity index (χ3n) is 12.3. The van der Waals surface area contributed by atoms with Crippen molar-refractivity contribution in [2.75, 3.05) is 4.90 Å². The predicted octanol–water partition coefficient (Wildman–Crippen LogP) is 6.39. The summed E-state index contributed by atoms with van der Waals surface area (Å²) in [5.74, 6) is 0. The van der Waals surface area contributed by atoms with Crippen molar-refractivity contribution in [3.63, 3.8) is 0 Å². The van der Waals surface area contributed by atoms with Crippen LogP contribution in [0.3, 0.4) is 0 Å². The van der Waals surface area contributed by atoms with E-state index in [9.17, 15) is 5.26 Å². The molecule has 0 aromatic heterocycles. The third-order valence-corrected chi connectivity index (χ3v) is 12.3. The normalized spacial score (nSPS) is 13.0. The molecule has 4 heteroatoms. The fourth-order valence-electron chi connectivity index (χ4n) is 8.91. The molecule has 2 nitrogen and oxygen atoms in total. The molecule has 7 rings (SSSR count). The zero-order chi connectivity index (χ0) is 33.8. The number of fused-ring (bicyclic) bond motifs is 4. The molecular formula is C43H44B2N2. The molecule has 0 amide bonds. The largest absolute Gasteiger partial charge is 0.313 e. The second kappa shape index (κ2) is 10.8. The zero-order valence-electron chi connectivity index (χ0n) is 30.2. The maximum atomic E-state index is 10.6. The molecule has 5 aromatic carbocycles. The Bertz CT molecular complexity index is 2040. The van der Waals surface area contributed by atoms with Gasteiger partial charge in [0.1, 0.15) is 0 Å². The van der Waals surface area contributed by atoms with Crippen molar-refractivity contribution in [1.29, 1.82) is 5.26 Å². The lowest BCUT2D eigenvalue weighted by atomic mass is 9.29. The first-order chi connectivity index (χ1) is 22.3. The predicted molar refractivity (Wildman–Crippen MR) is 205 cm³/mol. The number of nitriles is 1. The van der Waals surface area contributed by atoms with Crippen molar-refractivity contribution in [3.8, 4) is 6.07 Å². The van der Waals surface area contributed by atoms with E-state index in [1.807, 2.05) is 0 Å². The van der Waals surface area contributed by atoms with Crippen LogP contribution in [-0.2, 0) is 0 Å². The molecule has 232 valence electrons. The average Bonchev–Trinajstić information content (AvgIpc) is 3.06. The molecule has 0 saturated heterocycles. The van der Waals surface area contributed by atoms with E-state index in [1.165, 1.54) is 117 Å². The van der Waals surface area contributed by atoms with Crippen molar-refractivity contribution in [2.24, 2.45) is 0 Å². The topological polar surface area (TPSA) is 27.0 Å². The van der Waals surface area contributed by atoms with Gasteiger partial charge in [-0.15, -0.1) is 0 Å². The fraction of sp³-hybridized carbons (Fsp3) is 0.279. The summed E-state index contributed by atoms with van der Waals surface area (Å²) in [6.45, 7) is 27.2. The number of hydrogen-bond acceptors (Lipinski definition) is 2. The van der Waals surface area contributed by atoms with E-state index in [2.05, 4.69) is 143 Å². The van der Waals surface area contributed by atoms with E-state index >= 15 is 0 Å². The van der Waals surface area contributed by atoms with Crippen LogP contribution in [0.4, 0.5) is 17.1 Å². The zero-order valence-corrected chi connectivity index (χ0v) is 30.2. The summed E-state index contributed by atoms with van der Waals surface area (Å²) in [7, 11) is 0. The third kappa shape index (κ3) is 4.25. The molecule has 0 saturated carbocycles. The Morgan fingerprint density at radius 3 is 1.13 bits per heavy atom. The lowest BCUT2D eigenvalue weighted by Gasteiger charge is -2.45. The van der Waals surface area contributed by atoms with Crippen LogP contribution in [0, 0.1) is 94.4 Å². The molecule has 0 spiro atoms. The summed E-state index contributed by atoms with van der Waals surface area (Å²) in [5, 5.41) is 10.6. The summed E-state index contributed by atoms with van der Waals surface area (Å²) in [4.78, 5) is 2.53. The lowest BCUT2D eigenvalue weighted by molar-refractivity contribution is 1.19. The van der Waals surface area contributed by atoms with Gasteiger partial charge in [-0.05, 0) is 163 Å². The number of aryl methyl sites for hydroxylation is 2. The molecule has 0 unspecified atom stereocenters. The minimum atomic E-state index is 0.0116. The first-order valence-electron chi connectivity index (χ1n) is 17.0. The van der Waals surface area contributed by atoms with Gasteiger partial charge in [-0.1, -0.05) is 68.6 Å². The second-order valence-electron chi connectivity index (χ2n) is 14.5. The van der Waals surface area contributed by atoms with Gasteiger partial charge in [-0.25, -0.2) is 0 Å². The van der Waals surface area contributed by atoms with Crippen LogP contribution >= 0.6 is 0 Å². The molecule has 5 aromatic rings. The van der Waals surface area contributed by atoms with E-state index in [1.54, 1.807) is 0 Å². The van der Waals surface area contributed by atoms with Crippen molar-refractivity contribution >= 4 is 63.3 Å². The van der Waals surface area contributed by atoms with Crippen LogP contribution in [0.25, 0.3) is 0 Å². The summed E-state index contributed by atoms with van der Waals surface area (Å²) in [6.07, 6.45) is 0. The quantitative estimate of drug-likeness (QED) is 0.212. The first kappa shape index (κ1) is 31.1. The number of anilines is 3. The van der Waals surface area contributed by atoms with Gasteiger partial charge in [-0.3, -0.25) is 0 Å². The van der Waals surface area contributed by atoms with Gasteiger partial charge in [0.25, 0.3) is 0 Å². The summed E-state index contributed by atoms with van der Waals surface area (Å²) in [5.41, 5.74) is 28.4. The van der Waals surface area contributed by atoms with Crippen LogP contribution in [-0.4, -0.2) is 13.4 Å². The highest BCUT2D eigenvalue weighted by molar-refractivity contribution is 7.02. The summed E-state index contributed by atoms with van der Waals surface area (Å²) < 4.78 is 0. The Labute approximate surface area is 282 Å². The molecule has 0 radical (unpaired) electrons. The van der Waals surface area contributed by atoms with Gasteiger partial charge in [0.15, 0.2) is 0 Å². The maximum Gasteiger partial charge on any atom is 0.247 e. The number of hydrogen-bond donors (Lipinski definition) is 0. The van der Waals surface area contributed by atoms with E-state index in [4.69, 9.17) is 0 Å². The summed E-state index contributed by atoms with van der Waals surface area (Å²) in [6, 6.07) is 21.0. The highest BCUT2D eigenvalue weighted by Gasteiger charge is 2.45. The van der Waals surface area contributed by atoms with Crippen LogP contribution in [0.5, 0.6) is 0 Å². The molecule has 2 aliphatic heterocycles. The number of rotatable bonds is 2. The first-order valence-corrected chi connectivity index (χ1v) is 17.0. The van der Waals surface area contributed by atoms with Crippen molar-refractivity contribution in [1.82, 2.24) is 0 Å². The van der Waals surface area contributed by atoms with Crippen molar-refractivity contribution < 1.29 is 0 Å². The smallest absolute Gasteiger partial charge is 0.247 e. The molecule has 0 fully saturated rings. The fourth-order valence-corrected chi connectivity index (χ4v) is 8.91. The van der Waals surface area contributed by atoms with Gasteiger partial charge in [-0.2, -0.15) is 5.26 Å². The molecule has 2 heterocycles. The Kier molecular flexibility index (Phi) is 7.14. The van der Waals surface area contributed by atoms with E-state index < -0.39 is 0 Å². The van der Waals surface area contributed by atoms with Gasteiger partial charge in [0.05, 0.1) is 11.6 Å².